The Balaban J connectivity index is 2.93. The van der Waals surface area contributed by atoms with Gasteiger partial charge in [-0.2, -0.15) is 0 Å². The van der Waals surface area contributed by atoms with Gasteiger partial charge >= 0.3 is 5.97 Å². The summed E-state index contributed by atoms with van der Waals surface area (Å²) < 4.78 is 1.64. The van der Waals surface area contributed by atoms with Crippen molar-refractivity contribution in [3.63, 3.8) is 0 Å². The highest BCUT2D eigenvalue weighted by molar-refractivity contribution is 5.68. The molecule has 0 fully saturated rings. The molecule has 3 N–H and O–H groups in total. The molecule has 7 nitrogen and oxygen atoms in total. The van der Waals surface area contributed by atoms with E-state index in [-0.39, 0.29) is 25.4 Å². The minimum absolute atomic E-state index is 0.00268. The van der Waals surface area contributed by atoms with Gasteiger partial charge in [0.1, 0.15) is 0 Å². The van der Waals surface area contributed by atoms with E-state index in [1.807, 2.05) is 0 Å². The summed E-state index contributed by atoms with van der Waals surface area (Å²) in [6.45, 7) is 0.570. The average Bonchev–Trinajstić information content (AvgIpc) is 2.30. The highest BCUT2D eigenvalue weighted by Gasteiger charge is 2.10. The number of carboxylic acids is 1. The third kappa shape index (κ3) is 4.72. The van der Waals surface area contributed by atoms with E-state index >= 15 is 0 Å². The van der Waals surface area contributed by atoms with Crippen molar-refractivity contribution in [2.24, 2.45) is 0 Å². The van der Waals surface area contributed by atoms with Crippen molar-refractivity contribution in [3.05, 3.63) is 28.2 Å². The fraction of sp³-hybridized carbons (Fsp3) is 0.500. The van der Waals surface area contributed by atoms with E-state index < -0.39 is 11.4 Å². The number of carboxylic acid groups (broad SMARTS) is 1. The number of aliphatic carboxylic acids is 1. The second-order valence-corrected chi connectivity index (χ2v) is 4.35. The number of hydrogen-bond donors (Lipinski definition) is 3. The molecule has 1 aromatic rings. The second kappa shape index (κ2) is 6.91. The first-order valence-corrected chi connectivity index (χ1v) is 5.87. The number of pyridine rings is 1. The number of aliphatic hydroxyl groups excluding tert-OH is 1. The van der Waals surface area contributed by atoms with Gasteiger partial charge in [-0.25, -0.2) is 0 Å². The van der Waals surface area contributed by atoms with Crippen molar-refractivity contribution in [1.29, 1.82) is 0 Å². The third-order valence-electron chi connectivity index (χ3n) is 2.59. The predicted molar refractivity (Wildman–Crippen MR) is 68.0 cm³/mol. The Hall–Kier alpha value is -1.86. The summed E-state index contributed by atoms with van der Waals surface area (Å²) in [6.07, 6.45) is 1.79. The van der Waals surface area contributed by atoms with Crippen molar-refractivity contribution in [1.82, 2.24) is 9.47 Å². The highest BCUT2D eigenvalue weighted by Crippen LogP contribution is 2.08. The van der Waals surface area contributed by atoms with Gasteiger partial charge in [0.05, 0.1) is 12.7 Å². The number of aromatic hydroxyl groups is 1. The summed E-state index contributed by atoms with van der Waals surface area (Å²) in [4.78, 5) is 23.6. The molecule has 0 bridgehead atoms. The number of carbonyl (C=O) groups is 1. The van der Waals surface area contributed by atoms with Crippen LogP contribution in [0, 0.1) is 0 Å². The summed E-state index contributed by atoms with van der Waals surface area (Å²) in [5, 5.41) is 26.9. The quantitative estimate of drug-likeness (QED) is 0.614. The van der Waals surface area contributed by atoms with Crippen LogP contribution in [-0.4, -0.2) is 51.0 Å². The van der Waals surface area contributed by atoms with Crippen LogP contribution in [-0.2, 0) is 17.9 Å². The Morgan fingerprint density at radius 2 is 2.16 bits per heavy atom. The lowest BCUT2D eigenvalue weighted by Crippen LogP contribution is -2.27. The first kappa shape index (κ1) is 15.2. The molecule has 0 saturated carbocycles. The van der Waals surface area contributed by atoms with Crippen LogP contribution in [0.2, 0.25) is 0 Å². The molecule has 0 saturated heterocycles. The molecular weight excluding hydrogens is 252 g/mol. The number of nitrogens with zero attached hydrogens (tertiary/aromatic N) is 2. The fourth-order valence-electron chi connectivity index (χ4n) is 1.75. The first-order valence-electron chi connectivity index (χ1n) is 5.87. The lowest BCUT2D eigenvalue weighted by molar-refractivity contribution is -0.138. The number of likely N-dealkylation sites (N-methyl/N-ethyl adjacent to an activating group) is 1. The van der Waals surface area contributed by atoms with E-state index in [9.17, 15) is 14.7 Å². The molecule has 1 heterocycles. The topological polar surface area (TPSA) is 103 Å². The maximum atomic E-state index is 11.4. The van der Waals surface area contributed by atoms with E-state index in [0.717, 1.165) is 0 Å². The maximum absolute atomic E-state index is 11.4. The number of aromatic nitrogens is 1. The van der Waals surface area contributed by atoms with Crippen LogP contribution in [0.5, 0.6) is 5.75 Å². The van der Waals surface area contributed by atoms with Crippen molar-refractivity contribution in [2.75, 3.05) is 20.2 Å². The molecular formula is C12H18N2O5. The van der Waals surface area contributed by atoms with Crippen LogP contribution < -0.4 is 5.43 Å². The Labute approximate surface area is 110 Å². The molecule has 0 spiro atoms. The average molecular weight is 270 g/mol. The van der Waals surface area contributed by atoms with Gasteiger partial charge in [0, 0.05) is 31.5 Å². The Morgan fingerprint density at radius 1 is 1.47 bits per heavy atom. The zero-order valence-corrected chi connectivity index (χ0v) is 10.7. The maximum Gasteiger partial charge on any atom is 0.317 e. The highest BCUT2D eigenvalue weighted by atomic mass is 16.4. The minimum Gasteiger partial charge on any atom is -0.503 e. The van der Waals surface area contributed by atoms with Crippen molar-refractivity contribution >= 4 is 5.97 Å². The van der Waals surface area contributed by atoms with Gasteiger partial charge in [-0.3, -0.25) is 14.5 Å². The fourth-order valence-corrected chi connectivity index (χ4v) is 1.75. The van der Waals surface area contributed by atoms with Crippen molar-refractivity contribution in [2.45, 2.75) is 19.5 Å². The smallest absolute Gasteiger partial charge is 0.317 e. The molecule has 0 aromatic carbocycles. The Morgan fingerprint density at radius 3 is 2.74 bits per heavy atom. The van der Waals surface area contributed by atoms with Crippen LogP contribution in [0.1, 0.15) is 12.1 Å². The van der Waals surface area contributed by atoms with Crippen LogP contribution in [0.3, 0.4) is 0 Å². The van der Waals surface area contributed by atoms with E-state index in [0.29, 0.717) is 18.7 Å². The van der Waals surface area contributed by atoms with Gasteiger partial charge < -0.3 is 19.9 Å². The lowest BCUT2D eigenvalue weighted by atomic mass is 10.2. The van der Waals surface area contributed by atoms with Crippen LogP contribution in [0.25, 0.3) is 0 Å². The predicted octanol–water partition coefficient (Wildman–Crippen LogP) is -0.547. The first-order chi connectivity index (χ1) is 8.93. The molecule has 19 heavy (non-hydrogen) atoms. The normalized spacial score (nSPS) is 10.9. The van der Waals surface area contributed by atoms with Crippen molar-refractivity contribution < 1.29 is 20.1 Å². The summed E-state index contributed by atoms with van der Waals surface area (Å²) in [5.74, 6) is -1.31. The monoisotopic (exact) mass is 270 g/mol. The Kier molecular flexibility index (Phi) is 5.53. The molecule has 1 rings (SSSR count). The molecule has 0 atom stereocenters. The summed E-state index contributed by atoms with van der Waals surface area (Å²) in [7, 11) is 1.63. The summed E-state index contributed by atoms with van der Waals surface area (Å²) >= 11 is 0. The minimum atomic E-state index is -0.953. The zero-order chi connectivity index (χ0) is 14.4. The molecule has 0 amide bonds. The molecule has 0 aliphatic rings. The number of aliphatic hydroxyl groups is 1. The standard InChI is InChI=1S/C12H18N2O5/c1-13(8-12(18)19)6-9-5-10(16)11(17)7-14(9)3-2-4-15/h5,7,15,17H,2-4,6,8H2,1H3,(H,18,19). The number of aryl methyl sites for hydroxylation is 1. The molecule has 1 aromatic heterocycles. The van der Waals surface area contributed by atoms with Gasteiger partial charge in [-0.15, -0.1) is 0 Å². The second-order valence-electron chi connectivity index (χ2n) is 4.35. The SMILES string of the molecule is CN(CC(=O)O)Cc1cc(=O)c(O)cn1CCCO. The van der Waals surface area contributed by atoms with E-state index in [1.165, 1.54) is 12.3 Å². The molecule has 106 valence electrons. The van der Waals surface area contributed by atoms with Gasteiger partial charge in [0.25, 0.3) is 0 Å². The lowest BCUT2D eigenvalue weighted by Gasteiger charge is -2.18. The van der Waals surface area contributed by atoms with Gasteiger partial charge in [0.15, 0.2) is 5.75 Å². The van der Waals surface area contributed by atoms with Gasteiger partial charge in [-0.05, 0) is 13.5 Å². The van der Waals surface area contributed by atoms with Gasteiger partial charge in [-0.1, -0.05) is 0 Å². The third-order valence-corrected chi connectivity index (χ3v) is 2.59. The van der Waals surface area contributed by atoms with E-state index in [2.05, 4.69) is 0 Å². The largest absolute Gasteiger partial charge is 0.503 e. The summed E-state index contributed by atoms with van der Waals surface area (Å²) in [6, 6.07) is 1.28. The van der Waals surface area contributed by atoms with Gasteiger partial charge in [0.2, 0.25) is 5.43 Å². The number of hydrogen-bond acceptors (Lipinski definition) is 5. The molecule has 7 heteroatoms. The molecule has 0 aliphatic heterocycles. The van der Waals surface area contributed by atoms with Crippen LogP contribution >= 0.6 is 0 Å². The van der Waals surface area contributed by atoms with Crippen LogP contribution in [0.4, 0.5) is 0 Å². The zero-order valence-electron chi connectivity index (χ0n) is 10.7. The molecule has 0 aliphatic carbocycles. The molecule has 0 unspecified atom stereocenters. The van der Waals surface area contributed by atoms with Crippen molar-refractivity contribution in [3.8, 4) is 5.75 Å². The van der Waals surface area contributed by atoms with E-state index in [1.54, 1.807) is 16.5 Å². The molecule has 0 radical (unpaired) electrons. The number of rotatable bonds is 7. The van der Waals surface area contributed by atoms with Crippen LogP contribution in [0.15, 0.2) is 17.1 Å². The Bertz CT molecular complexity index is 497. The van der Waals surface area contributed by atoms with E-state index in [4.69, 9.17) is 10.2 Å². The summed E-state index contributed by atoms with van der Waals surface area (Å²) in [5.41, 5.74) is 0.0963.